The molecule has 0 aliphatic carbocycles. The van der Waals surface area contributed by atoms with Gasteiger partial charge in [-0.25, -0.2) is 0 Å². The van der Waals surface area contributed by atoms with Crippen LogP contribution in [0.5, 0.6) is 0 Å². The smallest absolute Gasteiger partial charge is 0.217 e. The van der Waals surface area contributed by atoms with Gasteiger partial charge in [0.15, 0.2) is 5.79 Å². The largest absolute Gasteiger partial charge is 0.374 e. The summed E-state index contributed by atoms with van der Waals surface area (Å²) in [6, 6.07) is 28.5. The van der Waals surface area contributed by atoms with Gasteiger partial charge in [-0.3, -0.25) is 4.79 Å². The average Bonchev–Trinajstić information content (AvgIpc) is 2.90. The van der Waals surface area contributed by atoms with Crippen LogP contribution in [0.2, 0.25) is 0 Å². The first-order chi connectivity index (χ1) is 17.9. The van der Waals surface area contributed by atoms with Crippen LogP contribution in [0.15, 0.2) is 91.0 Å². The molecule has 1 saturated heterocycles. The van der Waals surface area contributed by atoms with Gasteiger partial charge < -0.3 is 29.4 Å². The Bertz CT molecular complexity index is 1090. The first-order valence-corrected chi connectivity index (χ1v) is 12.5. The Morgan fingerprint density at radius 3 is 1.76 bits per heavy atom. The SMILES string of the molecule is CC(=O)N[C@@H]1[C@@H](OCc2ccccc2)[C@@H](OCc2ccccc2)[C@@H](COCc2ccccc2)O[C@]1(C)O. The minimum Gasteiger partial charge on any atom is -0.374 e. The summed E-state index contributed by atoms with van der Waals surface area (Å²) in [4.78, 5) is 12.1. The number of hydrogen-bond acceptors (Lipinski definition) is 6. The van der Waals surface area contributed by atoms with E-state index in [1.54, 1.807) is 0 Å². The van der Waals surface area contributed by atoms with Crippen LogP contribution in [0, 0.1) is 0 Å². The number of ether oxygens (including phenoxy) is 4. The van der Waals surface area contributed by atoms with E-state index in [0.717, 1.165) is 16.7 Å². The molecular weight excluding hydrogens is 470 g/mol. The van der Waals surface area contributed by atoms with Crippen LogP contribution in [-0.4, -0.2) is 47.8 Å². The van der Waals surface area contributed by atoms with E-state index in [1.165, 1.54) is 13.8 Å². The zero-order valence-electron chi connectivity index (χ0n) is 21.3. The minimum absolute atomic E-state index is 0.169. The van der Waals surface area contributed by atoms with Crippen molar-refractivity contribution >= 4 is 5.91 Å². The maximum atomic E-state index is 12.1. The number of nitrogens with one attached hydrogen (secondary N) is 1. The molecule has 37 heavy (non-hydrogen) atoms. The van der Waals surface area contributed by atoms with Crippen molar-refractivity contribution in [2.45, 2.75) is 63.8 Å². The predicted molar refractivity (Wildman–Crippen MR) is 139 cm³/mol. The number of rotatable bonds is 11. The van der Waals surface area contributed by atoms with Crippen molar-refractivity contribution in [1.82, 2.24) is 5.32 Å². The highest BCUT2D eigenvalue weighted by Crippen LogP contribution is 2.33. The highest BCUT2D eigenvalue weighted by molar-refractivity contribution is 5.73. The van der Waals surface area contributed by atoms with Crippen LogP contribution >= 0.6 is 0 Å². The van der Waals surface area contributed by atoms with Gasteiger partial charge in [0.25, 0.3) is 0 Å². The Labute approximate surface area is 218 Å². The molecule has 1 aliphatic heterocycles. The molecule has 2 N–H and O–H groups in total. The second-order valence-corrected chi connectivity index (χ2v) is 9.41. The Morgan fingerprint density at radius 2 is 1.27 bits per heavy atom. The van der Waals surface area contributed by atoms with Crippen LogP contribution in [0.4, 0.5) is 0 Å². The monoisotopic (exact) mass is 505 g/mol. The van der Waals surface area contributed by atoms with Crippen LogP contribution in [0.3, 0.4) is 0 Å². The molecule has 0 bridgehead atoms. The summed E-state index contributed by atoms with van der Waals surface area (Å²) in [5.41, 5.74) is 2.98. The summed E-state index contributed by atoms with van der Waals surface area (Å²) < 4.78 is 24.9. The molecule has 4 rings (SSSR count). The maximum Gasteiger partial charge on any atom is 0.217 e. The van der Waals surface area contributed by atoms with Gasteiger partial charge in [-0.1, -0.05) is 91.0 Å². The number of amides is 1. The lowest BCUT2D eigenvalue weighted by Crippen LogP contribution is -2.70. The molecule has 1 amide bonds. The third kappa shape index (κ3) is 7.71. The van der Waals surface area contributed by atoms with Crippen molar-refractivity contribution in [3.8, 4) is 0 Å². The summed E-state index contributed by atoms with van der Waals surface area (Å²) in [6.07, 6.45) is -1.98. The molecule has 1 aliphatic rings. The third-order valence-electron chi connectivity index (χ3n) is 6.31. The molecule has 0 aromatic heterocycles. The fraction of sp³-hybridized carbons (Fsp3) is 0.367. The van der Waals surface area contributed by atoms with Crippen LogP contribution in [0.1, 0.15) is 30.5 Å². The number of aliphatic hydroxyl groups is 1. The fourth-order valence-electron chi connectivity index (χ4n) is 4.51. The highest BCUT2D eigenvalue weighted by Gasteiger charge is 2.53. The van der Waals surface area contributed by atoms with E-state index in [1.807, 2.05) is 91.0 Å². The van der Waals surface area contributed by atoms with Gasteiger partial charge >= 0.3 is 0 Å². The minimum atomic E-state index is -1.71. The summed E-state index contributed by atoms with van der Waals surface area (Å²) in [7, 11) is 0. The molecule has 0 radical (unpaired) electrons. The lowest BCUT2D eigenvalue weighted by molar-refractivity contribution is -0.325. The topological polar surface area (TPSA) is 86.3 Å². The molecule has 1 fully saturated rings. The molecule has 3 aromatic carbocycles. The van der Waals surface area contributed by atoms with Crippen molar-refractivity contribution in [2.24, 2.45) is 0 Å². The fourth-order valence-corrected chi connectivity index (χ4v) is 4.51. The zero-order valence-corrected chi connectivity index (χ0v) is 21.3. The molecule has 3 aromatic rings. The summed E-state index contributed by atoms with van der Waals surface area (Å²) >= 11 is 0. The summed E-state index contributed by atoms with van der Waals surface area (Å²) in [5, 5.41) is 14.1. The first kappa shape index (κ1) is 27.0. The van der Waals surface area contributed by atoms with Gasteiger partial charge in [0.2, 0.25) is 5.91 Å². The number of carbonyl (C=O) groups is 1. The van der Waals surface area contributed by atoms with Gasteiger partial charge in [-0.2, -0.15) is 0 Å². The van der Waals surface area contributed by atoms with Gasteiger partial charge in [0.05, 0.1) is 26.4 Å². The molecule has 7 heteroatoms. The first-order valence-electron chi connectivity index (χ1n) is 12.5. The van der Waals surface area contributed by atoms with E-state index >= 15 is 0 Å². The van der Waals surface area contributed by atoms with E-state index in [4.69, 9.17) is 18.9 Å². The molecule has 7 nitrogen and oxygen atoms in total. The van der Waals surface area contributed by atoms with Crippen LogP contribution in [-0.2, 0) is 43.6 Å². The normalized spacial score (nSPS) is 25.5. The molecule has 196 valence electrons. The summed E-state index contributed by atoms with van der Waals surface area (Å²) in [5.74, 6) is -2.01. The maximum absolute atomic E-state index is 12.1. The van der Waals surface area contributed by atoms with E-state index in [0.29, 0.717) is 13.2 Å². The van der Waals surface area contributed by atoms with E-state index in [9.17, 15) is 9.90 Å². The quantitative estimate of drug-likeness (QED) is 0.410. The van der Waals surface area contributed by atoms with Gasteiger partial charge in [0.1, 0.15) is 24.4 Å². The second-order valence-electron chi connectivity index (χ2n) is 9.41. The van der Waals surface area contributed by atoms with Gasteiger partial charge in [-0.15, -0.1) is 0 Å². The van der Waals surface area contributed by atoms with E-state index < -0.39 is 30.1 Å². The lowest BCUT2D eigenvalue weighted by Gasteiger charge is -2.49. The molecule has 0 saturated carbocycles. The highest BCUT2D eigenvalue weighted by atomic mass is 16.7. The zero-order chi connectivity index (χ0) is 26.1. The van der Waals surface area contributed by atoms with E-state index in [-0.39, 0.29) is 19.1 Å². The van der Waals surface area contributed by atoms with Crippen molar-refractivity contribution in [3.05, 3.63) is 108 Å². The standard InChI is InChI=1S/C30H35NO6/c1-22(32)31-29-28(36-20-25-16-10-5-11-17-25)27(35-19-24-14-8-4-9-15-24)26(37-30(29,2)33)21-34-18-23-12-6-3-7-13-23/h3-17,26-29,33H,18-21H2,1-2H3,(H,31,32)/t26-,27+,28+,29-,30+/m1/s1. The van der Waals surface area contributed by atoms with Gasteiger partial charge in [0, 0.05) is 6.92 Å². The molecular formula is C30H35NO6. The van der Waals surface area contributed by atoms with Gasteiger partial charge in [-0.05, 0) is 23.6 Å². The van der Waals surface area contributed by atoms with Crippen LogP contribution in [0.25, 0.3) is 0 Å². The number of hydrogen-bond donors (Lipinski definition) is 2. The van der Waals surface area contributed by atoms with Crippen LogP contribution < -0.4 is 5.32 Å². The van der Waals surface area contributed by atoms with Crippen molar-refractivity contribution in [2.75, 3.05) is 6.61 Å². The molecule has 5 atom stereocenters. The number of benzene rings is 3. The third-order valence-corrected chi connectivity index (χ3v) is 6.31. The number of carbonyl (C=O) groups excluding carboxylic acids is 1. The molecule has 0 unspecified atom stereocenters. The molecule has 1 heterocycles. The van der Waals surface area contributed by atoms with Crippen molar-refractivity contribution in [1.29, 1.82) is 0 Å². The van der Waals surface area contributed by atoms with E-state index in [2.05, 4.69) is 5.32 Å². The Hall–Kier alpha value is -3.07. The average molecular weight is 506 g/mol. The molecule has 0 spiro atoms. The Kier molecular flexibility index (Phi) is 9.44. The van der Waals surface area contributed by atoms with Crippen molar-refractivity contribution in [3.63, 3.8) is 0 Å². The predicted octanol–water partition coefficient (Wildman–Crippen LogP) is 3.99. The Morgan fingerprint density at radius 1 is 0.811 bits per heavy atom. The lowest BCUT2D eigenvalue weighted by atomic mass is 9.90. The Balaban J connectivity index is 1.57. The second kappa shape index (κ2) is 12.9. The summed E-state index contributed by atoms with van der Waals surface area (Å²) in [6.45, 7) is 4.08. The van der Waals surface area contributed by atoms with Crippen molar-refractivity contribution < 1.29 is 28.8 Å².